The van der Waals surface area contributed by atoms with Crippen molar-refractivity contribution in [1.82, 2.24) is 9.88 Å². The maximum Gasteiger partial charge on any atom is 0.272 e. The zero-order valence-corrected chi connectivity index (χ0v) is 13.8. The Bertz CT molecular complexity index is 682. The maximum atomic E-state index is 12.6. The lowest BCUT2D eigenvalue weighted by Gasteiger charge is -2.34. The lowest BCUT2D eigenvalue weighted by Crippen LogP contribution is -2.40. The first-order valence-electron chi connectivity index (χ1n) is 8.21. The van der Waals surface area contributed by atoms with Crippen LogP contribution in [0.15, 0.2) is 48.7 Å². The van der Waals surface area contributed by atoms with Crippen molar-refractivity contribution in [3.8, 4) is 5.75 Å². The number of nitrogens with zero attached hydrogens (tertiary/aromatic N) is 2. The first-order chi connectivity index (χ1) is 11.7. The molecule has 1 aromatic carbocycles. The van der Waals surface area contributed by atoms with Gasteiger partial charge in [0, 0.05) is 25.4 Å². The van der Waals surface area contributed by atoms with E-state index < -0.39 is 6.10 Å². The van der Waals surface area contributed by atoms with Gasteiger partial charge in [-0.3, -0.25) is 9.78 Å². The average Bonchev–Trinajstić information content (AvgIpc) is 2.67. The van der Waals surface area contributed by atoms with E-state index in [0.717, 1.165) is 18.4 Å². The van der Waals surface area contributed by atoms with Crippen molar-refractivity contribution >= 4 is 5.91 Å². The number of likely N-dealkylation sites (tertiary alicyclic amines) is 1. The number of aliphatic hydroxyl groups is 1. The molecule has 0 radical (unpaired) electrons. The molecule has 1 fully saturated rings. The molecule has 5 nitrogen and oxygen atoms in total. The first-order valence-corrected chi connectivity index (χ1v) is 8.21. The van der Waals surface area contributed by atoms with Crippen LogP contribution in [0.1, 0.15) is 35.0 Å². The van der Waals surface area contributed by atoms with Crippen LogP contribution >= 0.6 is 0 Å². The molecule has 1 atom stereocenters. The number of carbonyl (C=O) groups is 1. The minimum atomic E-state index is -0.474. The Morgan fingerprint density at radius 1 is 1.25 bits per heavy atom. The van der Waals surface area contributed by atoms with E-state index in [4.69, 9.17) is 4.74 Å². The Kier molecular flexibility index (Phi) is 5.11. The monoisotopic (exact) mass is 326 g/mol. The van der Waals surface area contributed by atoms with E-state index in [1.54, 1.807) is 30.3 Å². The largest absolute Gasteiger partial charge is 0.497 e. The second-order valence-electron chi connectivity index (χ2n) is 6.07. The molecular formula is C19H22N2O3. The quantitative estimate of drug-likeness (QED) is 0.938. The second kappa shape index (κ2) is 7.45. The minimum absolute atomic E-state index is 0.0819. The lowest BCUT2D eigenvalue weighted by molar-refractivity contribution is 0.0458. The van der Waals surface area contributed by atoms with Gasteiger partial charge in [0.1, 0.15) is 11.4 Å². The molecule has 0 aliphatic carbocycles. The molecule has 0 bridgehead atoms. The Morgan fingerprint density at radius 2 is 1.96 bits per heavy atom. The van der Waals surface area contributed by atoms with E-state index in [1.807, 2.05) is 30.3 Å². The zero-order chi connectivity index (χ0) is 16.9. The van der Waals surface area contributed by atoms with Gasteiger partial charge in [-0.1, -0.05) is 30.3 Å². The van der Waals surface area contributed by atoms with E-state index in [-0.39, 0.29) is 11.8 Å². The molecule has 1 amide bonds. The van der Waals surface area contributed by atoms with E-state index in [0.29, 0.717) is 24.5 Å². The molecule has 1 aliphatic rings. The zero-order valence-electron chi connectivity index (χ0n) is 13.8. The molecule has 1 aromatic heterocycles. The van der Waals surface area contributed by atoms with E-state index in [9.17, 15) is 9.90 Å². The number of aliphatic hydroxyl groups excluding tert-OH is 1. The fraction of sp³-hybridized carbons (Fsp3) is 0.368. The van der Waals surface area contributed by atoms with Gasteiger partial charge < -0.3 is 14.7 Å². The Balaban J connectivity index is 1.61. The summed E-state index contributed by atoms with van der Waals surface area (Å²) in [6.45, 7) is 1.26. The number of carbonyl (C=O) groups excluding carboxylic acids is 1. The molecule has 0 spiro atoms. The van der Waals surface area contributed by atoms with Crippen molar-refractivity contribution in [3.05, 3.63) is 59.9 Å². The van der Waals surface area contributed by atoms with Gasteiger partial charge in [0.25, 0.3) is 5.91 Å². The third-order valence-electron chi connectivity index (χ3n) is 4.60. The summed E-state index contributed by atoms with van der Waals surface area (Å²) in [7, 11) is 1.57. The summed E-state index contributed by atoms with van der Waals surface area (Å²) < 4.78 is 5.15. The lowest BCUT2D eigenvalue weighted by atomic mass is 9.87. The third kappa shape index (κ3) is 3.57. The number of pyridine rings is 1. The molecule has 2 aromatic rings. The van der Waals surface area contributed by atoms with Crippen LogP contribution in [0.25, 0.3) is 0 Å². The molecule has 24 heavy (non-hydrogen) atoms. The summed E-state index contributed by atoms with van der Waals surface area (Å²) in [5, 5.41) is 10.5. The van der Waals surface area contributed by atoms with Gasteiger partial charge in [0.15, 0.2) is 0 Å². The van der Waals surface area contributed by atoms with E-state index in [2.05, 4.69) is 4.98 Å². The van der Waals surface area contributed by atoms with Crippen LogP contribution in [-0.4, -0.2) is 41.1 Å². The van der Waals surface area contributed by atoms with Crippen molar-refractivity contribution in [1.29, 1.82) is 0 Å². The highest BCUT2D eigenvalue weighted by Gasteiger charge is 2.29. The molecule has 126 valence electrons. The Morgan fingerprint density at radius 3 is 2.62 bits per heavy atom. The van der Waals surface area contributed by atoms with Crippen LogP contribution in [0.5, 0.6) is 5.75 Å². The molecule has 3 rings (SSSR count). The van der Waals surface area contributed by atoms with E-state index >= 15 is 0 Å². The third-order valence-corrected chi connectivity index (χ3v) is 4.60. The SMILES string of the molecule is COc1ccnc(C(=O)N2CCC(C(O)c3ccccc3)CC2)c1. The summed E-state index contributed by atoms with van der Waals surface area (Å²) in [5.74, 6) is 0.721. The number of aromatic nitrogens is 1. The molecule has 1 N–H and O–H groups in total. The fourth-order valence-corrected chi connectivity index (χ4v) is 3.16. The highest BCUT2D eigenvalue weighted by atomic mass is 16.5. The Labute approximate surface area is 141 Å². The number of hydrogen-bond donors (Lipinski definition) is 1. The molecule has 2 heterocycles. The van der Waals surface area contributed by atoms with Crippen LogP contribution in [0, 0.1) is 5.92 Å². The minimum Gasteiger partial charge on any atom is -0.497 e. The summed E-state index contributed by atoms with van der Waals surface area (Å²) in [6.07, 6.45) is 2.67. The Hall–Kier alpha value is -2.40. The van der Waals surface area contributed by atoms with Crippen molar-refractivity contribution < 1.29 is 14.6 Å². The summed E-state index contributed by atoms with van der Waals surface area (Å²) in [4.78, 5) is 18.5. The summed E-state index contributed by atoms with van der Waals surface area (Å²) in [6, 6.07) is 13.1. The second-order valence-corrected chi connectivity index (χ2v) is 6.07. The van der Waals surface area contributed by atoms with Gasteiger partial charge in [-0.15, -0.1) is 0 Å². The van der Waals surface area contributed by atoms with Crippen molar-refractivity contribution in [2.45, 2.75) is 18.9 Å². The standard InChI is InChI=1S/C19H22N2O3/c1-24-16-7-10-20-17(13-16)19(23)21-11-8-15(9-12-21)18(22)14-5-3-2-4-6-14/h2-7,10,13,15,18,22H,8-9,11-12H2,1H3. The predicted molar refractivity (Wildman–Crippen MR) is 90.8 cm³/mol. The van der Waals surface area contributed by atoms with Crippen molar-refractivity contribution in [3.63, 3.8) is 0 Å². The van der Waals surface area contributed by atoms with Crippen LogP contribution in [0.3, 0.4) is 0 Å². The van der Waals surface area contributed by atoms with Gasteiger partial charge in [-0.05, 0) is 30.4 Å². The predicted octanol–water partition coefficient (Wildman–Crippen LogP) is 2.68. The number of ether oxygens (including phenoxy) is 1. The normalized spacial score (nSPS) is 16.7. The first kappa shape index (κ1) is 16.5. The molecule has 1 saturated heterocycles. The topological polar surface area (TPSA) is 62.7 Å². The fourth-order valence-electron chi connectivity index (χ4n) is 3.16. The number of amides is 1. The molecule has 5 heteroatoms. The highest BCUT2D eigenvalue weighted by molar-refractivity contribution is 5.92. The van der Waals surface area contributed by atoms with Gasteiger partial charge in [0.05, 0.1) is 13.2 Å². The highest BCUT2D eigenvalue weighted by Crippen LogP contribution is 2.31. The molecule has 1 unspecified atom stereocenters. The number of benzene rings is 1. The van der Waals surface area contributed by atoms with Crippen LogP contribution in [0.2, 0.25) is 0 Å². The summed E-state index contributed by atoms with van der Waals surface area (Å²) in [5.41, 5.74) is 1.34. The molecule has 1 aliphatic heterocycles. The van der Waals surface area contributed by atoms with Crippen LogP contribution < -0.4 is 4.74 Å². The van der Waals surface area contributed by atoms with E-state index in [1.165, 1.54) is 0 Å². The number of rotatable bonds is 4. The average molecular weight is 326 g/mol. The van der Waals surface area contributed by atoms with Gasteiger partial charge in [-0.25, -0.2) is 0 Å². The maximum absolute atomic E-state index is 12.6. The van der Waals surface area contributed by atoms with Gasteiger partial charge in [-0.2, -0.15) is 0 Å². The molecule has 0 saturated carbocycles. The van der Waals surface area contributed by atoms with Crippen LogP contribution in [-0.2, 0) is 0 Å². The van der Waals surface area contributed by atoms with Crippen molar-refractivity contribution in [2.75, 3.05) is 20.2 Å². The number of piperidine rings is 1. The smallest absolute Gasteiger partial charge is 0.272 e. The van der Waals surface area contributed by atoms with Crippen LogP contribution in [0.4, 0.5) is 0 Å². The van der Waals surface area contributed by atoms with Gasteiger partial charge >= 0.3 is 0 Å². The summed E-state index contributed by atoms with van der Waals surface area (Å²) >= 11 is 0. The van der Waals surface area contributed by atoms with Crippen molar-refractivity contribution in [2.24, 2.45) is 5.92 Å². The van der Waals surface area contributed by atoms with Gasteiger partial charge in [0.2, 0.25) is 0 Å². The molecular weight excluding hydrogens is 304 g/mol. The number of methoxy groups -OCH3 is 1. The number of hydrogen-bond acceptors (Lipinski definition) is 4.